The molecule has 5 heteroatoms. The third-order valence-corrected chi connectivity index (χ3v) is 7.28. The first-order valence-corrected chi connectivity index (χ1v) is 11.9. The van der Waals surface area contributed by atoms with Gasteiger partial charge in [0.2, 0.25) is 0 Å². The van der Waals surface area contributed by atoms with Crippen LogP contribution in [0, 0.1) is 6.92 Å². The lowest BCUT2D eigenvalue weighted by molar-refractivity contribution is 0.0900. The monoisotopic (exact) mass is 441 g/mol. The molecular weight excluding hydrogens is 408 g/mol. The fourth-order valence-electron chi connectivity index (χ4n) is 5.38. The Hall–Kier alpha value is -3.15. The number of benzene rings is 3. The molecule has 1 amide bonds. The van der Waals surface area contributed by atoms with E-state index in [4.69, 9.17) is 0 Å². The van der Waals surface area contributed by atoms with E-state index in [2.05, 4.69) is 95.7 Å². The number of hydrogen-bond donors (Lipinski definition) is 1. The summed E-state index contributed by atoms with van der Waals surface area (Å²) in [6.07, 6.45) is 0. The van der Waals surface area contributed by atoms with Crippen molar-refractivity contribution in [3.8, 4) is 0 Å². The molecule has 5 rings (SSSR count). The van der Waals surface area contributed by atoms with Crippen LogP contribution in [0.3, 0.4) is 0 Å². The Morgan fingerprint density at radius 1 is 0.879 bits per heavy atom. The van der Waals surface area contributed by atoms with Gasteiger partial charge in [0.15, 0.2) is 12.4 Å². The molecule has 0 radical (unpaired) electrons. The topological polar surface area (TPSA) is 35.6 Å². The van der Waals surface area contributed by atoms with Crippen LogP contribution in [0.4, 0.5) is 17.1 Å². The lowest BCUT2D eigenvalue weighted by Crippen LogP contribution is -2.61. The Balaban J connectivity index is 1.38. The SMILES string of the molecule is Cc1ccc(N2CCN(C(C)C[N+]3(c4ccccc4)CNC(=O)c4ccccc43)CC2)cc1. The van der Waals surface area contributed by atoms with Gasteiger partial charge < -0.3 is 10.2 Å². The molecule has 33 heavy (non-hydrogen) atoms. The van der Waals surface area contributed by atoms with Crippen molar-refractivity contribution < 1.29 is 4.79 Å². The number of carbonyl (C=O) groups excluding carboxylic acids is 1. The van der Waals surface area contributed by atoms with Crippen LogP contribution in [0.1, 0.15) is 22.8 Å². The van der Waals surface area contributed by atoms with Gasteiger partial charge in [0.25, 0.3) is 5.91 Å². The highest BCUT2D eigenvalue weighted by molar-refractivity contribution is 6.01. The Labute approximate surface area is 196 Å². The van der Waals surface area contributed by atoms with Crippen molar-refractivity contribution in [2.24, 2.45) is 0 Å². The Bertz CT molecular complexity index is 1110. The summed E-state index contributed by atoms with van der Waals surface area (Å²) in [5, 5.41) is 3.18. The zero-order chi connectivity index (χ0) is 22.8. The van der Waals surface area contributed by atoms with Crippen LogP contribution in [0.25, 0.3) is 0 Å². The third kappa shape index (κ3) is 4.14. The van der Waals surface area contributed by atoms with Gasteiger partial charge in [-0.15, -0.1) is 0 Å². The summed E-state index contributed by atoms with van der Waals surface area (Å²) in [5.74, 6) is 0.0228. The van der Waals surface area contributed by atoms with Crippen LogP contribution in [-0.4, -0.2) is 56.2 Å². The first kappa shape index (κ1) is 21.7. The number of aryl methyl sites for hydroxylation is 1. The van der Waals surface area contributed by atoms with Crippen molar-refractivity contribution in [1.29, 1.82) is 0 Å². The molecule has 2 aliphatic rings. The maximum atomic E-state index is 12.6. The zero-order valence-electron chi connectivity index (χ0n) is 19.6. The standard InChI is InChI=1S/C28H32N4O/c1-22-12-14-24(15-13-22)31-18-16-30(17-19-31)23(2)20-32(25-8-4-3-5-9-25)21-29-28(33)26-10-6-7-11-27(26)32/h3-15,23H,16-21H2,1-2H3/p+1. The van der Waals surface area contributed by atoms with E-state index in [1.54, 1.807) is 0 Å². The van der Waals surface area contributed by atoms with Gasteiger partial charge in [0.1, 0.15) is 17.8 Å². The van der Waals surface area contributed by atoms with E-state index < -0.39 is 0 Å². The van der Waals surface area contributed by atoms with Crippen molar-refractivity contribution in [2.75, 3.05) is 44.3 Å². The van der Waals surface area contributed by atoms with Gasteiger partial charge in [0, 0.05) is 37.9 Å². The summed E-state index contributed by atoms with van der Waals surface area (Å²) in [6.45, 7) is 10.1. The van der Waals surface area contributed by atoms with Crippen LogP contribution in [0.5, 0.6) is 0 Å². The van der Waals surface area contributed by atoms with Gasteiger partial charge in [-0.25, -0.2) is 4.48 Å². The zero-order valence-corrected chi connectivity index (χ0v) is 19.6. The molecule has 5 nitrogen and oxygen atoms in total. The van der Waals surface area contributed by atoms with Gasteiger partial charge in [-0.3, -0.25) is 9.69 Å². The summed E-state index contributed by atoms with van der Waals surface area (Å²) in [4.78, 5) is 17.7. The normalized spacial score (nSPS) is 21.9. The first-order chi connectivity index (χ1) is 16.1. The molecule has 1 fully saturated rings. The first-order valence-electron chi connectivity index (χ1n) is 11.9. The van der Waals surface area contributed by atoms with E-state index in [0.29, 0.717) is 17.2 Å². The molecule has 0 bridgehead atoms. The minimum absolute atomic E-state index is 0.0228. The van der Waals surface area contributed by atoms with Gasteiger partial charge >= 0.3 is 0 Å². The summed E-state index contributed by atoms with van der Waals surface area (Å²) in [7, 11) is 0. The molecule has 3 aromatic carbocycles. The fraction of sp³-hybridized carbons (Fsp3) is 0.321. The average Bonchev–Trinajstić information content (AvgIpc) is 2.87. The second-order valence-corrected chi connectivity index (χ2v) is 9.37. The molecule has 2 unspecified atom stereocenters. The predicted molar refractivity (Wildman–Crippen MR) is 136 cm³/mol. The summed E-state index contributed by atoms with van der Waals surface area (Å²) in [5.41, 5.74) is 5.71. The lowest BCUT2D eigenvalue weighted by atomic mass is 10.0. The van der Waals surface area contributed by atoms with E-state index in [0.717, 1.165) is 44.0 Å². The number of nitrogens with one attached hydrogen (secondary N) is 1. The molecule has 2 aliphatic heterocycles. The number of carbonyl (C=O) groups is 1. The van der Waals surface area contributed by atoms with Gasteiger partial charge in [-0.1, -0.05) is 48.0 Å². The van der Waals surface area contributed by atoms with Crippen molar-refractivity contribution in [3.05, 3.63) is 90.0 Å². The highest BCUT2D eigenvalue weighted by atomic mass is 16.2. The molecule has 1 saturated heterocycles. The molecule has 0 saturated carbocycles. The molecular formula is C28H33N4O+. The summed E-state index contributed by atoms with van der Waals surface area (Å²) < 4.78 is 0.641. The quantitative estimate of drug-likeness (QED) is 0.590. The highest BCUT2D eigenvalue weighted by Crippen LogP contribution is 2.39. The van der Waals surface area contributed by atoms with Gasteiger partial charge in [-0.2, -0.15) is 0 Å². The van der Waals surface area contributed by atoms with Crippen LogP contribution in [0.15, 0.2) is 78.9 Å². The highest BCUT2D eigenvalue weighted by Gasteiger charge is 2.43. The Morgan fingerprint density at radius 2 is 1.55 bits per heavy atom. The number of para-hydroxylation sites is 2. The van der Waals surface area contributed by atoms with Crippen LogP contribution in [-0.2, 0) is 0 Å². The smallest absolute Gasteiger partial charge is 0.261 e. The maximum absolute atomic E-state index is 12.6. The van der Waals surface area contributed by atoms with Gasteiger partial charge in [-0.05, 0) is 44.2 Å². The maximum Gasteiger partial charge on any atom is 0.261 e. The second-order valence-electron chi connectivity index (χ2n) is 9.37. The average molecular weight is 442 g/mol. The van der Waals surface area contributed by atoms with Gasteiger partial charge in [0.05, 0.1) is 6.04 Å². The minimum Gasteiger partial charge on any atom is -0.369 e. The predicted octanol–water partition coefficient (Wildman–Crippen LogP) is 4.55. The third-order valence-electron chi connectivity index (χ3n) is 7.28. The largest absolute Gasteiger partial charge is 0.369 e. The van der Waals surface area contributed by atoms with E-state index >= 15 is 0 Å². The number of quaternary nitrogens is 1. The number of anilines is 1. The molecule has 0 aliphatic carbocycles. The van der Waals surface area contributed by atoms with Crippen LogP contribution in [0.2, 0.25) is 0 Å². The Kier molecular flexibility index (Phi) is 5.92. The van der Waals surface area contributed by atoms with E-state index in [9.17, 15) is 4.79 Å². The van der Waals surface area contributed by atoms with Crippen LogP contribution < -0.4 is 14.7 Å². The van der Waals surface area contributed by atoms with E-state index in [1.807, 2.05) is 12.1 Å². The molecule has 0 aromatic heterocycles. The lowest BCUT2D eigenvalue weighted by Gasteiger charge is -2.46. The second kappa shape index (κ2) is 9.00. The molecule has 170 valence electrons. The molecule has 1 N–H and O–H groups in total. The number of hydrogen-bond acceptors (Lipinski definition) is 3. The number of fused-ring (bicyclic) bond motifs is 1. The minimum atomic E-state index is 0.0228. The number of piperazine rings is 1. The molecule has 2 heterocycles. The molecule has 3 aromatic rings. The van der Waals surface area contributed by atoms with E-state index in [1.165, 1.54) is 16.9 Å². The number of amides is 1. The summed E-state index contributed by atoms with van der Waals surface area (Å²) >= 11 is 0. The molecule has 2 atom stereocenters. The number of rotatable bonds is 5. The fourth-order valence-corrected chi connectivity index (χ4v) is 5.38. The molecule has 0 spiro atoms. The summed E-state index contributed by atoms with van der Waals surface area (Å²) in [6, 6.07) is 27.9. The van der Waals surface area contributed by atoms with Crippen molar-refractivity contribution in [2.45, 2.75) is 19.9 Å². The number of nitrogens with zero attached hydrogens (tertiary/aromatic N) is 3. The van der Waals surface area contributed by atoms with Crippen LogP contribution >= 0.6 is 0 Å². The van der Waals surface area contributed by atoms with Crippen molar-refractivity contribution in [3.63, 3.8) is 0 Å². The van der Waals surface area contributed by atoms with E-state index in [-0.39, 0.29) is 5.91 Å². The van der Waals surface area contributed by atoms with Crippen molar-refractivity contribution >= 4 is 23.0 Å². The van der Waals surface area contributed by atoms with Crippen molar-refractivity contribution in [1.82, 2.24) is 14.7 Å². The Morgan fingerprint density at radius 3 is 2.27 bits per heavy atom.